The van der Waals surface area contributed by atoms with Gasteiger partial charge < -0.3 is 10.5 Å². The van der Waals surface area contributed by atoms with Gasteiger partial charge in [0, 0.05) is 4.47 Å². The van der Waals surface area contributed by atoms with Crippen molar-refractivity contribution in [3.05, 3.63) is 63.4 Å². The molecule has 0 amide bonds. The largest absolute Gasteiger partial charge is 0.489 e. The van der Waals surface area contributed by atoms with Gasteiger partial charge >= 0.3 is 0 Å². The van der Waals surface area contributed by atoms with Crippen LogP contribution in [-0.2, 0) is 13.0 Å². The smallest absolute Gasteiger partial charge is 0.123 e. The number of aryl methyl sites for hydroxylation is 1. The highest BCUT2D eigenvalue weighted by atomic mass is 79.9. The molecule has 0 saturated carbocycles. The lowest BCUT2D eigenvalue weighted by molar-refractivity contribution is 0.301. The third-order valence-corrected chi connectivity index (χ3v) is 3.62. The highest BCUT2D eigenvalue weighted by Gasteiger charge is 2.06. The average molecular weight is 338 g/mol. The Morgan fingerprint density at radius 1 is 1.15 bits per heavy atom. The third kappa shape index (κ3) is 3.81. The van der Waals surface area contributed by atoms with Crippen LogP contribution in [0.3, 0.4) is 0 Å². The van der Waals surface area contributed by atoms with Crippen LogP contribution in [-0.4, -0.2) is 6.54 Å². The van der Waals surface area contributed by atoms with Crippen molar-refractivity contribution in [2.24, 2.45) is 5.73 Å². The van der Waals surface area contributed by atoms with Crippen LogP contribution in [0.25, 0.3) is 0 Å². The Labute approximate surface area is 126 Å². The standard InChI is InChI=1S/C16H17BrFNO/c1-11-2-4-15(18)9-13(11)10-20-16-5-3-14(17)8-12(16)6-7-19/h2-5,8-9H,6-7,10,19H2,1H3. The van der Waals surface area contributed by atoms with Crippen molar-refractivity contribution in [2.75, 3.05) is 6.54 Å². The van der Waals surface area contributed by atoms with Gasteiger partial charge in [-0.3, -0.25) is 0 Å². The van der Waals surface area contributed by atoms with Crippen LogP contribution in [0.4, 0.5) is 4.39 Å². The zero-order valence-corrected chi connectivity index (χ0v) is 12.9. The molecule has 20 heavy (non-hydrogen) atoms. The first kappa shape index (κ1) is 15.0. The topological polar surface area (TPSA) is 35.2 Å². The zero-order valence-electron chi connectivity index (χ0n) is 11.3. The van der Waals surface area contributed by atoms with Crippen LogP contribution >= 0.6 is 15.9 Å². The number of rotatable bonds is 5. The normalized spacial score (nSPS) is 10.6. The quantitative estimate of drug-likeness (QED) is 0.895. The minimum atomic E-state index is -0.243. The average Bonchev–Trinajstić information content (AvgIpc) is 2.42. The van der Waals surface area contributed by atoms with Gasteiger partial charge in [0.15, 0.2) is 0 Å². The van der Waals surface area contributed by atoms with E-state index in [1.807, 2.05) is 25.1 Å². The van der Waals surface area contributed by atoms with Crippen molar-refractivity contribution < 1.29 is 9.13 Å². The number of hydrogen-bond donors (Lipinski definition) is 1. The minimum absolute atomic E-state index is 0.243. The Morgan fingerprint density at radius 3 is 2.70 bits per heavy atom. The molecule has 0 unspecified atom stereocenters. The summed E-state index contributed by atoms with van der Waals surface area (Å²) >= 11 is 3.44. The molecule has 0 bridgehead atoms. The van der Waals surface area contributed by atoms with Gasteiger partial charge in [0.25, 0.3) is 0 Å². The van der Waals surface area contributed by atoms with Crippen LogP contribution in [0.1, 0.15) is 16.7 Å². The van der Waals surface area contributed by atoms with Crippen LogP contribution in [0.5, 0.6) is 5.75 Å². The molecule has 0 aliphatic rings. The van der Waals surface area contributed by atoms with E-state index in [-0.39, 0.29) is 5.82 Å². The van der Waals surface area contributed by atoms with E-state index >= 15 is 0 Å². The van der Waals surface area contributed by atoms with Gasteiger partial charge in [-0.05, 0) is 66.9 Å². The molecular weight excluding hydrogens is 321 g/mol. The Morgan fingerprint density at radius 2 is 1.95 bits per heavy atom. The lowest BCUT2D eigenvalue weighted by Crippen LogP contribution is -2.06. The van der Waals surface area contributed by atoms with Gasteiger partial charge in [-0.25, -0.2) is 4.39 Å². The van der Waals surface area contributed by atoms with Crippen LogP contribution < -0.4 is 10.5 Å². The highest BCUT2D eigenvalue weighted by molar-refractivity contribution is 9.10. The summed E-state index contributed by atoms with van der Waals surface area (Å²) < 4.78 is 20.1. The summed E-state index contributed by atoms with van der Waals surface area (Å²) in [4.78, 5) is 0. The van der Waals surface area contributed by atoms with E-state index in [1.54, 1.807) is 6.07 Å². The van der Waals surface area contributed by atoms with Gasteiger partial charge in [-0.15, -0.1) is 0 Å². The van der Waals surface area contributed by atoms with Gasteiger partial charge in [0.1, 0.15) is 18.2 Å². The summed E-state index contributed by atoms with van der Waals surface area (Å²) in [7, 11) is 0. The van der Waals surface area contributed by atoms with Crippen molar-refractivity contribution in [1.82, 2.24) is 0 Å². The number of benzene rings is 2. The van der Waals surface area contributed by atoms with E-state index in [2.05, 4.69) is 15.9 Å². The van der Waals surface area contributed by atoms with Gasteiger partial charge in [0.2, 0.25) is 0 Å². The first-order chi connectivity index (χ1) is 9.60. The summed E-state index contributed by atoms with van der Waals surface area (Å²) in [6.07, 6.45) is 0.747. The Hall–Kier alpha value is -1.39. The van der Waals surface area contributed by atoms with E-state index in [1.165, 1.54) is 12.1 Å². The predicted molar refractivity (Wildman–Crippen MR) is 82.4 cm³/mol. The fraction of sp³-hybridized carbons (Fsp3) is 0.250. The molecule has 0 fully saturated rings. The first-order valence-corrected chi connectivity index (χ1v) is 7.26. The van der Waals surface area contributed by atoms with Crippen molar-refractivity contribution in [2.45, 2.75) is 20.0 Å². The molecule has 2 aromatic rings. The second-order valence-corrected chi connectivity index (χ2v) is 5.57. The van der Waals surface area contributed by atoms with Crippen LogP contribution in [0.15, 0.2) is 40.9 Å². The van der Waals surface area contributed by atoms with E-state index in [9.17, 15) is 4.39 Å². The number of nitrogens with two attached hydrogens (primary N) is 1. The number of hydrogen-bond acceptors (Lipinski definition) is 2. The molecule has 0 spiro atoms. The molecule has 2 N–H and O–H groups in total. The molecule has 0 radical (unpaired) electrons. The zero-order chi connectivity index (χ0) is 14.5. The van der Waals surface area contributed by atoms with Crippen molar-refractivity contribution in [3.63, 3.8) is 0 Å². The maximum atomic E-state index is 13.2. The SMILES string of the molecule is Cc1ccc(F)cc1COc1ccc(Br)cc1CCN. The van der Waals surface area contributed by atoms with E-state index in [0.29, 0.717) is 13.2 Å². The van der Waals surface area contributed by atoms with Crippen molar-refractivity contribution in [3.8, 4) is 5.75 Å². The molecular formula is C16H17BrFNO. The summed E-state index contributed by atoms with van der Waals surface area (Å²) in [5.41, 5.74) is 8.53. The maximum Gasteiger partial charge on any atom is 0.123 e. The molecule has 4 heteroatoms. The molecule has 0 saturated heterocycles. The predicted octanol–water partition coefficient (Wildman–Crippen LogP) is 3.98. The molecule has 0 aromatic heterocycles. The highest BCUT2D eigenvalue weighted by Crippen LogP contribution is 2.25. The summed E-state index contributed by atoms with van der Waals surface area (Å²) in [6.45, 7) is 2.86. The molecule has 0 heterocycles. The summed E-state index contributed by atoms with van der Waals surface area (Å²) in [5.74, 6) is 0.550. The van der Waals surface area contributed by atoms with Gasteiger partial charge in [0.05, 0.1) is 0 Å². The molecule has 0 aliphatic carbocycles. The first-order valence-electron chi connectivity index (χ1n) is 6.46. The second-order valence-electron chi connectivity index (χ2n) is 4.65. The minimum Gasteiger partial charge on any atom is -0.489 e. The Kier molecular flexibility index (Phi) is 5.15. The van der Waals surface area contributed by atoms with E-state index < -0.39 is 0 Å². The van der Waals surface area contributed by atoms with E-state index in [4.69, 9.17) is 10.5 Å². The molecule has 106 valence electrons. The molecule has 2 nitrogen and oxygen atoms in total. The van der Waals surface area contributed by atoms with Gasteiger partial charge in [-0.2, -0.15) is 0 Å². The van der Waals surface area contributed by atoms with Crippen molar-refractivity contribution in [1.29, 1.82) is 0 Å². The second kappa shape index (κ2) is 6.86. The van der Waals surface area contributed by atoms with Crippen LogP contribution in [0, 0.1) is 12.7 Å². The van der Waals surface area contributed by atoms with E-state index in [0.717, 1.165) is 33.3 Å². The monoisotopic (exact) mass is 337 g/mol. The Balaban J connectivity index is 2.16. The number of halogens is 2. The summed E-state index contributed by atoms with van der Waals surface area (Å²) in [6, 6.07) is 10.6. The molecule has 2 aromatic carbocycles. The lowest BCUT2D eigenvalue weighted by Gasteiger charge is -2.13. The van der Waals surface area contributed by atoms with Crippen LogP contribution in [0.2, 0.25) is 0 Å². The molecule has 0 atom stereocenters. The molecule has 0 aliphatic heterocycles. The lowest BCUT2D eigenvalue weighted by atomic mass is 10.1. The summed E-state index contributed by atoms with van der Waals surface area (Å²) in [5, 5.41) is 0. The Bertz CT molecular complexity index is 601. The number of ether oxygens (including phenoxy) is 1. The third-order valence-electron chi connectivity index (χ3n) is 3.13. The maximum absolute atomic E-state index is 13.2. The van der Waals surface area contributed by atoms with Crippen molar-refractivity contribution >= 4 is 15.9 Å². The fourth-order valence-corrected chi connectivity index (χ4v) is 2.40. The fourth-order valence-electron chi connectivity index (χ4n) is 1.99. The molecule has 2 rings (SSSR count). The van der Waals surface area contributed by atoms with Gasteiger partial charge in [-0.1, -0.05) is 22.0 Å².